The van der Waals surface area contributed by atoms with E-state index in [1.807, 2.05) is 57.6 Å². The smallest absolute Gasteiger partial charge is 0.307 e. The molecular formula is C27H46NO5+. The fraction of sp³-hybridized carbons (Fsp3) is 0.630. The maximum Gasteiger partial charge on any atom is 0.307 e. The van der Waals surface area contributed by atoms with Crippen LogP contribution in [0.4, 0.5) is 0 Å². The van der Waals surface area contributed by atoms with E-state index in [0.717, 1.165) is 19.3 Å². The van der Waals surface area contributed by atoms with Crippen molar-refractivity contribution in [1.29, 1.82) is 0 Å². The molecule has 0 aromatic heterocycles. The summed E-state index contributed by atoms with van der Waals surface area (Å²) in [5.41, 5.74) is 0. The molecule has 0 aliphatic heterocycles. The summed E-state index contributed by atoms with van der Waals surface area (Å²) in [6, 6.07) is 0. The van der Waals surface area contributed by atoms with E-state index in [2.05, 4.69) is 13.0 Å². The zero-order valence-electron chi connectivity index (χ0n) is 21.1. The van der Waals surface area contributed by atoms with Gasteiger partial charge in [-0.1, -0.05) is 68.4 Å². The van der Waals surface area contributed by atoms with E-state index in [4.69, 9.17) is 9.84 Å². The predicted octanol–water partition coefficient (Wildman–Crippen LogP) is 5.20. The van der Waals surface area contributed by atoms with Crippen molar-refractivity contribution in [1.82, 2.24) is 0 Å². The minimum absolute atomic E-state index is 0.172. The van der Waals surface area contributed by atoms with Gasteiger partial charge in [0.05, 0.1) is 33.7 Å². The van der Waals surface area contributed by atoms with Gasteiger partial charge in [0.1, 0.15) is 6.54 Å². The Balaban J connectivity index is 3.99. The lowest BCUT2D eigenvalue weighted by Gasteiger charge is -2.28. The van der Waals surface area contributed by atoms with Crippen LogP contribution in [0, 0.1) is 0 Å². The number of carboxylic acid groups (broad SMARTS) is 1. The SMILES string of the molecule is CCCCC/C=C/CC(O)/C=C/C=C/C/C=C/CCCC(=O)OC(CC(=O)O)C[N+](C)(C)C. The minimum atomic E-state index is -0.962. The second-order valence-corrected chi connectivity index (χ2v) is 9.37. The summed E-state index contributed by atoms with van der Waals surface area (Å²) in [5.74, 6) is -1.31. The third-order valence-corrected chi connectivity index (χ3v) is 4.74. The lowest BCUT2D eigenvalue weighted by atomic mass is 10.1. The van der Waals surface area contributed by atoms with E-state index >= 15 is 0 Å². The van der Waals surface area contributed by atoms with Crippen molar-refractivity contribution in [2.75, 3.05) is 27.7 Å². The molecule has 0 rings (SSSR count). The molecule has 0 saturated heterocycles. The number of carboxylic acids is 1. The molecule has 6 heteroatoms. The molecule has 2 atom stereocenters. The standard InChI is InChI=1S/C27H45NO5/c1-5-6-7-8-13-16-19-24(29)20-17-14-11-9-10-12-15-18-21-27(32)33-25(22-26(30)31)23-28(2,3)4/h10-14,16-17,20,24-25,29H,5-9,15,18-19,21-23H2,1-4H3/p+1/b12-10+,14-11+,16-13+,20-17+. The van der Waals surface area contributed by atoms with Crippen LogP contribution in [0.1, 0.15) is 71.1 Å². The average Bonchev–Trinajstić information content (AvgIpc) is 2.70. The number of esters is 1. The van der Waals surface area contributed by atoms with Crippen LogP contribution in [0.5, 0.6) is 0 Å². The summed E-state index contributed by atoms with van der Waals surface area (Å²) in [6.45, 7) is 2.66. The van der Waals surface area contributed by atoms with E-state index in [0.29, 0.717) is 23.9 Å². The van der Waals surface area contributed by atoms with Gasteiger partial charge in [0.2, 0.25) is 0 Å². The molecule has 33 heavy (non-hydrogen) atoms. The first-order chi connectivity index (χ1) is 15.6. The van der Waals surface area contributed by atoms with Crippen LogP contribution in [-0.2, 0) is 14.3 Å². The van der Waals surface area contributed by atoms with Crippen molar-refractivity contribution < 1.29 is 29.0 Å². The van der Waals surface area contributed by atoms with E-state index in [-0.39, 0.29) is 18.8 Å². The molecule has 2 N–H and O–H groups in total. The Labute approximate surface area is 200 Å². The van der Waals surface area contributed by atoms with Crippen LogP contribution in [-0.4, -0.2) is 66.5 Å². The molecule has 0 fully saturated rings. The first-order valence-corrected chi connectivity index (χ1v) is 12.2. The molecule has 2 unspecified atom stereocenters. The van der Waals surface area contributed by atoms with Crippen LogP contribution < -0.4 is 0 Å². The number of carbonyl (C=O) groups excluding carboxylic acids is 1. The summed E-state index contributed by atoms with van der Waals surface area (Å²) >= 11 is 0. The molecule has 0 radical (unpaired) electrons. The maximum atomic E-state index is 12.0. The molecule has 0 aliphatic carbocycles. The highest BCUT2D eigenvalue weighted by Crippen LogP contribution is 2.08. The third kappa shape index (κ3) is 22.8. The summed E-state index contributed by atoms with van der Waals surface area (Å²) in [5, 5.41) is 18.9. The second kappa shape index (κ2) is 19.3. The Morgan fingerprint density at radius 3 is 2.30 bits per heavy atom. The van der Waals surface area contributed by atoms with Gasteiger partial charge in [-0.05, 0) is 38.5 Å². The average molecular weight is 465 g/mol. The number of hydrogen-bond donors (Lipinski definition) is 2. The van der Waals surface area contributed by atoms with Crippen LogP contribution >= 0.6 is 0 Å². The predicted molar refractivity (Wildman–Crippen MR) is 135 cm³/mol. The fourth-order valence-electron chi connectivity index (χ4n) is 3.14. The van der Waals surface area contributed by atoms with Crippen molar-refractivity contribution in [2.45, 2.75) is 83.3 Å². The minimum Gasteiger partial charge on any atom is -0.481 e. The molecular weight excluding hydrogens is 418 g/mol. The molecule has 0 spiro atoms. The number of hydrogen-bond acceptors (Lipinski definition) is 4. The molecule has 0 aromatic carbocycles. The summed E-state index contributed by atoms with van der Waals surface area (Å²) in [6.07, 6.45) is 22.5. The van der Waals surface area contributed by atoms with Gasteiger partial charge >= 0.3 is 11.9 Å². The third-order valence-electron chi connectivity index (χ3n) is 4.74. The Kier molecular flexibility index (Phi) is 18.0. The van der Waals surface area contributed by atoms with Crippen molar-refractivity contribution in [3.05, 3.63) is 48.6 Å². The highest BCUT2D eigenvalue weighted by atomic mass is 16.5. The number of likely N-dealkylation sites (N-methyl/N-ethyl adjacent to an activating group) is 1. The molecule has 0 amide bonds. The van der Waals surface area contributed by atoms with Crippen molar-refractivity contribution in [3.8, 4) is 0 Å². The Morgan fingerprint density at radius 1 is 0.939 bits per heavy atom. The van der Waals surface area contributed by atoms with Crippen molar-refractivity contribution in [2.24, 2.45) is 0 Å². The van der Waals surface area contributed by atoms with E-state index in [1.54, 1.807) is 6.08 Å². The molecule has 6 nitrogen and oxygen atoms in total. The maximum absolute atomic E-state index is 12.0. The largest absolute Gasteiger partial charge is 0.481 e. The van der Waals surface area contributed by atoms with E-state index < -0.39 is 18.2 Å². The van der Waals surface area contributed by atoms with Crippen molar-refractivity contribution >= 4 is 11.9 Å². The Hall–Kier alpha value is -2.18. The first kappa shape index (κ1) is 30.8. The van der Waals surface area contributed by atoms with Gasteiger partial charge in [0, 0.05) is 6.42 Å². The van der Waals surface area contributed by atoms with E-state index in [1.165, 1.54) is 19.3 Å². The zero-order chi connectivity index (χ0) is 25.0. The number of carbonyl (C=O) groups is 2. The highest BCUT2D eigenvalue weighted by molar-refractivity contribution is 5.71. The highest BCUT2D eigenvalue weighted by Gasteiger charge is 2.24. The monoisotopic (exact) mass is 464 g/mol. The van der Waals surface area contributed by atoms with Gasteiger partial charge in [-0.3, -0.25) is 9.59 Å². The number of allylic oxidation sites excluding steroid dienone is 6. The summed E-state index contributed by atoms with van der Waals surface area (Å²) in [7, 11) is 5.81. The van der Waals surface area contributed by atoms with Crippen LogP contribution in [0.25, 0.3) is 0 Å². The van der Waals surface area contributed by atoms with Gasteiger partial charge in [-0.25, -0.2) is 0 Å². The molecule has 0 saturated carbocycles. The lowest BCUT2D eigenvalue weighted by molar-refractivity contribution is -0.873. The van der Waals surface area contributed by atoms with Gasteiger partial charge in [0.25, 0.3) is 0 Å². The number of aliphatic carboxylic acids is 1. The van der Waals surface area contributed by atoms with E-state index in [9.17, 15) is 14.7 Å². The number of quaternary nitrogens is 1. The zero-order valence-corrected chi connectivity index (χ0v) is 21.1. The van der Waals surface area contributed by atoms with Gasteiger partial charge in [0.15, 0.2) is 6.10 Å². The number of nitrogens with zero attached hydrogens (tertiary/aromatic N) is 1. The first-order valence-electron chi connectivity index (χ1n) is 12.2. The molecule has 188 valence electrons. The van der Waals surface area contributed by atoms with Gasteiger partial charge in [-0.2, -0.15) is 0 Å². The van der Waals surface area contributed by atoms with Gasteiger partial charge in [-0.15, -0.1) is 0 Å². The Bertz CT molecular complexity index is 643. The van der Waals surface area contributed by atoms with Gasteiger partial charge < -0.3 is 19.4 Å². The van der Waals surface area contributed by atoms with Crippen LogP contribution in [0.2, 0.25) is 0 Å². The normalized spacial score (nSPS) is 14.6. The summed E-state index contributed by atoms with van der Waals surface area (Å²) in [4.78, 5) is 23.0. The number of ether oxygens (including phenoxy) is 1. The second-order valence-electron chi connectivity index (χ2n) is 9.37. The number of aliphatic hydroxyl groups excluding tert-OH is 1. The number of rotatable bonds is 19. The number of aliphatic hydroxyl groups is 1. The molecule has 0 aromatic rings. The Morgan fingerprint density at radius 2 is 1.64 bits per heavy atom. The molecule has 0 aliphatic rings. The lowest BCUT2D eigenvalue weighted by Crippen LogP contribution is -2.43. The molecule has 0 bridgehead atoms. The quantitative estimate of drug-likeness (QED) is 0.0903. The van der Waals surface area contributed by atoms with Crippen LogP contribution in [0.15, 0.2) is 48.6 Å². The molecule has 0 heterocycles. The summed E-state index contributed by atoms with van der Waals surface area (Å²) < 4.78 is 5.91. The fourth-order valence-corrected chi connectivity index (χ4v) is 3.14. The number of unbranched alkanes of at least 4 members (excludes halogenated alkanes) is 4. The van der Waals surface area contributed by atoms with Crippen molar-refractivity contribution in [3.63, 3.8) is 0 Å². The van der Waals surface area contributed by atoms with Crippen LogP contribution in [0.3, 0.4) is 0 Å². The topological polar surface area (TPSA) is 83.8 Å².